The molecule has 0 spiro atoms. The molecule has 1 atom stereocenters. The van der Waals surface area contributed by atoms with E-state index in [1.807, 2.05) is 49.4 Å². The summed E-state index contributed by atoms with van der Waals surface area (Å²) >= 11 is 6.05. The largest absolute Gasteiger partial charge is 0.439 e. The van der Waals surface area contributed by atoms with E-state index < -0.39 is 0 Å². The number of hydrogen-bond acceptors (Lipinski definition) is 5. The summed E-state index contributed by atoms with van der Waals surface area (Å²) in [5, 5.41) is 5.38. The number of amides is 1. The number of benzene rings is 2. The Morgan fingerprint density at radius 3 is 2.64 bits per heavy atom. The number of halogens is 1. The predicted molar refractivity (Wildman–Crippen MR) is 126 cm³/mol. The van der Waals surface area contributed by atoms with Crippen molar-refractivity contribution in [3.63, 3.8) is 0 Å². The van der Waals surface area contributed by atoms with Crippen LogP contribution in [0.25, 0.3) is 5.69 Å². The summed E-state index contributed by atoms with van der Waals surface area (Å²) in [5.74, 6) is 1.09. The molecule has 0 N–H and O–H groups in total. The fraction of sp³-hybridized carbons (Fsp3) is 0.360. The maximum atomic E-state index is 12.9. The van der Waals surface area contributed by atoms with Crippen molar-refractivity contribution in [2.75, 3.05) is 26.9 Å². The maximum absolute atomic E-state index is 12.9. The van der Waals surface area contributed by atoms with E-state index in [0.29, 0.717) is 29.7 Å². The molecule has 1 saturated heterocycles. The van der Waals surface area contributed by atoms with E-state index in [-0.39, 0.29) is 18.6 Å². The Kier molecular flexibility index (Phi) is 7.65. The Balaban J connectivity index is 1.71. The highest BCUT2D eigenvalue weighted by Gasteiger charge is 2.27. The van der Waals surface area contributed by atoms with Gasteiger partial charge >= 0.3 is 0 Å². The van der Waals surface area contributed by atoms with Crippen LogP contribution in [0.4, 0.5) is 0 Å². The number of nitrogens with zero attached hydrogens (tertiary/aromatic N) is 3. The lowest BCUT2D eigenvalue weighted by Gasteiger charge is -2.25. The molecule has 1 aromatic heterocycles. The third-order valence-electron chi connectivity index (χ3n) is 5.58. The molecule has 0 unspecified atom stereocenters. The molecule has 8 heteroatoms. The minimum atomic E-state index is -0.0997. The smallest absolute Gasteiger partial charge is 0.248 e. The fourth-order valence-corrected chi connectivity index (χ4v) is 4.00. The topological polar surface area (TPSA) is 65.8 Å². The summed E-state index contributed by atoms with van der Waals surface area (Å²) in [6, 6.07) is 16.9. The second kappa shape index (κ2) is 10.8. The van der Waals surface area contributed by atoms with Crippen molar-refractivity contribution in [2.24, 2.45) is 0 Å². The molecule has 7 nitrogen and oxygen atoms in total. The predicted octanol–water partition coefficient (Wildman–Crippen LogP) is 4.78. The molecule has 0 saturated carbocycles. The van der Waals surface area contributed by atoms with E-state index in [2.05, 4.69) is 0 Å². The number of hydrogen-bond donors (Lipinski definition) is 0. The van der Waals surface area contributed by atoms with Crippen LogP contribution in [0.2, 0.25) is 5.02 Å². The average molecular weight is 470 g/mol. The lowest BCUT2D eigenvalue weighted by atomic mass is 10.2. The Labute approximate surface area is 198 Å². The number of methoxy groups -OCH3 is 1. The minimum Gasteiger partial charge on any atom is -0.439 e. The first-order valence-electron chi connectivity index (χ1n) is 11.0. The van der Waals surface area contributed by atoms with Gasteiger partial charge in [-0.1, -0.05) is 29.8 Å². The van der Waals surface area contributed by atoms with Crippen LogP contribution in [0.3, 0.4) is 0 Å². The van der Waals surface area contributed by atoms with Gasteiger partial charge in [-0.2, -0.15) is 5.10 Å². The molecule has 2 aromatic carbocycles. The Morgan fingerprint density at radius 2 is 1.97 bits per heavy atom. The van der Waals surface area contributed by atoms with Crippen molar-refractivity contribution in [3.8, 4) is 17.3 Å². The molecule has 1 amide bonds. The van der Waals surface area contributed by atoms with Crippen LogP contribution in [0.5, 0.6) is 11.6 Å². The van der Waals surface area contributed by atoms with Crippen LogP contribution in [0, 0.1) is 6.92 Å². The van der Waals surface area contributed by atoms with Gasteiger partial charge in [-0.15, -0.1) is 0 Å². The van der Waals surface area contributed by atoms with Gasteiger partial charge in [-0.05, 0) is 56.2 Å². The minimum absolute atomic E-state index is 0.00592. The normalized spacial score (nSPS) is 15.5. The molecule has 2 heterocycles. The second-order valence-electron chi connectivity index (χ2n) is 8.01. The summed E-state index contributed by atoms with van der Waals surface area (Å²) in [5.41, 5.74) is 2.48. The van der Waals surface area contributed by atoms with Gasteiger partial charge in [0, 0.05) is 25.3 Å². The van der Waals surface area contributed by atoms with E-state index in [0.717, 1.165) is 36.4 Å². The second-order valence-corrected chi connectivity index (χ2v) is 8.45. The number of rotatable bonds is 9. The molecular weight excluding hydrogens is 442 g/mol. The van der Waals surface area contributed by atoms with Crippen LogP contribution in [-0.2, 0) is 20.8 Å². The van der Waals surface area contributed by atoms with Crippen LogP contribution in [-0.4, -0.2) is 53.6 Å². The zero-order valence-electron chi connectivity index (χ0n) is 18.9. The Morgan fingerprint density at radius 1 is 1.21 bits per heavy atom. The summed E-state index contributed by atoms with van der Waals surface area (Å²) in [7, 11) is 1.52. The SMILES string of the molecule is COCC(=O)N(Cc1c(C)nn(-c2ccccc2)c1Oc1ccc(Cl)cc1)C[C@@H]1CCCO1. The fourth-order valence-electron chi connectivity index (χ4n) is 3.88. The zero-order valence-corrected chi connectivity index (χ0v) is 19.6. The standard InChI is InChI=1S/C25H28ClN3O4/c1-18-23(16-28(24(30)17-31-2)15-22-9-6-14-32-22)25(33-21-12-10-19(26)11-13-21)29(27-18)20-7-4-3-5-8-20/h3-5,7-8,10-13,22H,6,9,14-17H2,1-2H3/t22-/m0/s1. The van der Waals surface area contributed by atoms with Crippen LogP contribution in [0.15, 0.2) is 54.6 Å². The monoisotopic (exact) mass is 469 g/mol. The van der Waals surface area contributed by atoms with Crippen molar-refractivity contribution in [2.45, 2.75) is 32.4 Å². The van der Waals surface area contributed by atoms with Gasteiger partial charge in [0.05, 0.1) is 29.6 Å². The number of para-hydroxylation sites is 1. The van der Waals surface area contributed by atoms with E-state index in [9.17, 15) is 4.79 Å². The van der Waals surface area contributed by atoms with E-state index in [1.165, 1.54) is 7.11 Å². The molecule has 1 aliphatic heterocycles. The molecule has 0 aliphatic carbocycles. The number of aromatic nitrogens is 2. The number of carbonyl (C=O) groups is 1. The van der Waals surface area contributed by atoms with Crippen molar-refractivity contribution in [1.82, 2.24) is 14.7 Å². The summed E-state index contributed by atoms with van der Waals surface area (Å²) in [6.07, 6.45) is 1.97. The Hall–Kier alpha value is -2.87. The molecule has 33 heavy (non-hydrogen) atoms. The molecule has 1 fully saturated rings. The third kappa shape index (κ3) is 5.74. The number of aryl methyl sites for hydroxylation is 1. The van der Waals surface area contributed by atoms with Crippen LogP contribution < -0.4 is 4.74 Å². The van der Waals surface area contributed by atoms with Gasteiger partial charge in [0.1, 0.15) is 12.4 Å². The third-order valence-corrected chi connectivity index (χ3v) is 5.84. The highest BCUT2D eigenvalue weighted by Crippen LogP contribution is 2.32. The first kappa shape index (κ1) is 23.3. The summed E-state index contributed by atoms with van der Waals surface area (Å²) < 4.78 is 19.0. The molecule has 174 valence electrons. The molecule has 1 aliphatic rings. The Bertz CT molecular complexity index is 1060. The van der Waals surface area contributed by atoms with Crippen molar-refractivity contribution in [3.05, 3.63) is 70.9 Å². The van der Waals surface area contributed by atoms with Gasteiger partial charge in [0.25, 0.3) is 0 Å². The van der Waals surface area contributed by atoms with E-state index in [1.54, 1.807) is 21.7 Å². The lowest BCUT2D eigenvalue weighted by molar-refractivity contribution is -0.137. The molecular formula is C25H28ClN3O4. The van der Waals surface area contributed by atoms with Crippen molar-refractivity contribution >= 4 is 17.5 Å². The van der Waals surface area contributed by atoms with Crippen molar-refractivity contribution < 1.29 is 19.0 Å². The first-order chi connectivity index (χ1) is 16.0. The molecule has 0 bridgehead atoms. The quantitative estimate of drug-likeness (QED) is 0.451. The average Bonchev–Trinajstić information content (AvgIpc) is 3.44. The molecule has 3 aromatic rings. The van der Waals surface area contributed by atoms with Gasteiger partial charge < -0.3 is 19.1 Å². The van der Waals surface area contributed by atoms with Crippen molar-refractivity contribution in [1.29, 1.82) is 0 Å². The highest BCUT2D eigenvalue weighted by molar-refractivity contribution is 6.30. The van der Waals surface area contributed by atoms with E-state index >= 15 is 0 Å². The summed E-state index contributed by atoms with van der Waals surface area (Å²) in [4.78, 5) is 14.7. The number of ether oxygens (including phenoxy) is 3. The molecule has 4 rings (SSSR count). The molecule has 0 radical (unpaired) electrons. The lowest BCUT2D eigenvalue weighted by Crippen LogP contribution is -2.39. The van der Waals surface area contributed by atoms with Gasteiger partial charge in [0.15, 0.2) is 0 Å². The first-order valence-corrected chi connectivity index (χ1v) is 11.4. The van der Waals surface area contributed by atoms with E-state index in [4.69, 9.17) is 30.9 Å². The van der Waals surface area contributed by atoms with Gasteiger partial charge in [-0.25, -0.2) is 4.68 Å². The maximum Gasteiger partial charge on any atom is 0.248 e. The van der Waals surface area contributed by atoms with Gasteiger partial charge in [0.2, 0.25) is 11.8 Å². The van der Waals surface area contributed by atoms with Crippen LogP contribution in [0.1, 0.15) is 24.1 Å². The number of carbonyl (C=O) groups excluding carboxylic acids is 1. The van der Waals surface area contributed by atoms with Crippen LogP contribution >= 0.6 is 11.6 Å². The highest BCUT2D eigenvalue weighted by atomic mass is 35.5. The summed E-state index contributed by atoms with van der Waals surface area (Å²) in [6.45, 7) is 3.50. The zero-order chi connectivity index (χ0) is 23.2. The van der Waals surface area contributed by atoms with Gasteiger partial charge in [-0.3, -0.25) is 4.79 Å².